The molecule has 1 N–H and O–H groups in total. The average Bonchev–Trinajstić information content (AvgIpc) is 2.90. The fraction of sp³-hybridized carbons (Fsp3) is 0.267. The summed E-state index contributed by atoms with van der Waals surface area (Å²) in [6.45, 7) is 3.00. The predicted molar refractivity (Wildman–Crippen MR) is 79.5 cm³/mol. The Labute approximate surface area is 121 Å². The number of aromatic nitrogens is 4. The minimum atomic E-state index is -0.123. The van der Waals surface area contributed by atoms with E-state index in [0.717, 1.165) is 23.1 Å². The van der Waals surface area contributed by atoms with E-state index in [-0.39, 0.29) is 5.43 Å². The van der Waals surface area contributed by atoms with Gasteiger partial charge in [0.25, 0.3) is 0 Å². The Morgan fingerprint density at radius 2 is 2.19 bits per heavy atom. The van der Waals surface area contributed by atoms with E-state index in [2.05, 4.69) is 15.3 Å². The first-order chi connectivity index (χ1) is 10.3. The highest BCUT2D eigenvalue weighted by Crippen LogP contribution is 2.11. The predicted octanol–water partition coefficient (Wildman–Crippen LogP) is 1.96. The maximum atomic E-state index is 11.9. The van der Waals surface area contributed by atoms with Crippen molar-refractivity contribution in [2.45, 2.75) is 19.9 Å². The van der Waals surface area contributed by atoms with Crippen LogP contribution in [0.2, 0.25) is 0 Å². The van der Waals surface area contributed by atoms with E-state index in [1.165, 1.54) is 0 Å². The highest BCUT2D eigenvalue weighted by atomic mass is 16.5. The number of hydrogen-bond donors (Lipinski definition) is 1. The number of aromatic amines is 1. The molecule has 0 radical (unpaired) electrons. The third-order valence-electron chi connectivity index (χ3n) is 3.14. The SMILES string of the molecule is CCCOc1c[nH]c(Cn2nnc3ccccc32)cc1=O. The summed E-state index contributed by atoms with van der Waals surface area (Å²) in [4.78, 5) is 15.0. The normalized spacial score (nSPS) is 10.9. The van der Waals surface area contributed by atoms with Gasteiger partial charge in [-0.15, -0.1) is 5.10 Å². The lowest BCUT2D eigenvalue weighted by Crippen LogP contribution is -2.12. The second kappa shape index (κ2) is 5.78. The van der Waals surface area contributed by atoms with E-state index in [1.54, 1.807) is 16.9 Å². The lowest BCUT2D eigenvalue weighted by molar-refractivity contribution is 0.313. The zero-order valence-electron chi connectivity index (χ0n) is 11.7. The molecule has 1 aromatic carbocycles. The summed E-state index contributed by atoms with van der Waals surface area (Å²) in [5.41, 5.74) is 2.41. The Bertz CT molecular complexity index is 807. The Morgan fingerprint density at radius 1 is 1.33 bits per heavy atom. The second-order valence-electron chi connectivity index (χ2n) is 4.77. The smallest absolute Gasteiger partial charge is 0.223 e. The van der Waals surface area contributed by atoms with Gasteiger partial charge in [0.15, 0.2) is 5.75 Å². The third kappa shape index (κ3) is 2.79. The summed E-state index contributed by atoms with van der Waals surface area (Å²) < 4.78 is 7.12. The minimum Gasteiger partial charge on any atom is -0.488 e. The molecule has 0 saturated heterocycles. The Hall–Kier alpha value is -2.63. The number of benzene rings is 1. The van der Waals surface area contributed by atoms with Crippen molar-refractivity contribution in [3.63, 3.8) is 0 Å². The van der Waals surface area contributed by atoms with Crippen LogP contribution in [0.4, 0.5) is 0 Å². The van der Waals surface area contributed by atoms with Crippen LogP contribution in [0.15, 0.2) is 41.3 Å². The minimum absolute atomic E-state index is 0.123. The molecule has 0 atom stereocenters. The first kappa shape index (κ1) is 13.4. The summed E-state index contributed by atoms with van der Waals surface area (Å²) >= 11 is 0. The van der Waals surface area contributed by atoms with Crippen LogP contribution in [0.25, 0.3) is 11.0 Å². The van der Waals surface area contributed by atoms with Gasteiger partial charge < -0.3 is 9.72 Å². The van der Waals surface area contributed by atoms with Crippen molar-refractivity contribution in [3.05, 3.63) is 52.4 Å². The second-order valence-corrected chi connectivity index (χ2v) is 4.77. The third-order valence-corrected chi connectivity index (χ3v) is 3.14. The van der Waals surface area contributed by atoms with Crippen LogP contribution in [0.3, 0.4) is 0 Å². The zero-order valence-corrected chi connectivity index (χ0v) is 11.7. The lowest BCUT2D eigenvalue weighted by Gasteiger charge is -2.06. The Balaban J connectivity index is 1.85. The fourth-order valence-corrected chi connectivity index (χ4v) is 2.11. The van der Waals surface area contributed by atoms with Gasteiger partial charge >= 0.3 is 0 Å². The van der Waals surface area contributed by atoms with E-state index < -0.39 is 0 Å². The zero-order chi connectivity index (χ0) is 14.7. The molecule has 108 valence electrons. The van der Waals surface area contributed by atoms with Gasteiger partial charge in [-0.1, -0.05) is 24.3 Å². The van der Waals surface area contributed by atoms with Crippen molar-refractivity contribution in [1.82, 2.24) is 20.0 Å². The van der Waals surface area contributed by atoms with Gasteiger partial charge in [0.05, 0.1) is 18.7 Å². The molecule has 0 saturated carbocycles. The number of rotatable bonds is 5. The number of H-pyrrole nitrogens is 1. The molecule has 3 aromatic rings. The average molecular weight is 284 g/mol. The molecule has 2 heterocycles. The maximum Gasteiger partial charge on any atom is 0.223 e. The van der Waals surface area contributed by atoms with Gasteiger partial charge in [0, 0.05) is 18.0 Å². The molecule has 3 rings (SSSR count). The van der Waals surface area contributed by atoms with Gasteiger partial charge in [0.2, 0.25) is 5.43 Å². The molecular weight excluding hydrogens is 268 g/mol. The number of hydrogen-bond acceptors (Lipinski definition) is 4. The van der Waals surface area contributed by atoms with Gasteiger partial charge in [-0.3, -0.25) is 4.79 Å². The Kier molecular flexibility index (Phi) is 3.68. The number of pyridine rings is 1. The summed E-state index contributed by atoms with van der Waals surface area (Å²) in [7, 11) is 0. The number of nitrogens with one attached hydrogen (secondary N) is 1. The number of fused-ring (bicyclic) bond motifs is 1. The molecule has 0 amide bonds. The molecule has 0 aliphatic rings. The van der Waals surface area contributed by atoms with Gasteiger partial charge in [-0.2, -0.15) is 0 Å². The lowest BCUT2D eigenvalue weighted by atomic mass is 10.3. The van der Waals surface area contributed by atoms with Crippen molar-refractivity contribution >= 4 is 11.0 Å². The van der Waals surface area contributed by atoms with Crippen molar-refractivity contribution in [2.75, 3.05) is 6.61 Å². The van der Waals surface area contributed by atoms with Crippen molar-refractivity contribution < 1.29 is 4.74 Å². The van der Waals surface area contributed by atoms with Gasteiger partial charge in [-0.25, -0.2) is 4.68 Å². The molecule has 0 bridgehead atoms. The Morgan fingerprint density at radius 3 is 3.00 bits per heavy atom. The van der Waals surface area contributed by atoms with Crippen LogP contribution in [-0.4, -0.2) is 26.6 Å². The topological polar surface area (TPSA) is 72.8 Å². The highest BCUT2D eigenvalue weighted by Gasteiger charge is 2.06. The molecule has 0 aliphatic carbocycles. The molecule has 0 spiro atoms. The maximum absolute atomic E-state index is 11.9. The first-order valence-electron chi connectivity index (χ1n) is 6.90. The van der Waals surface area contributed by atoms with Crippen LogP contribution in [0.1, 0.15) is 19.0 Å². The number of para-hydroxylation sites is 1. The van der Waals surface area contributed by atoms with Gasteiger partial charge in [-0.05, 0) is 18.6 Å². The van der Waals surface area contributed by atoms with E-state index in [4.69, 9.17) is 4.74 Å². The van der Waals surface area contributed by atoms with Crippen molar-refractivity contribution in [1.29, 1.82) is 0 Å². The van der Waals surface area contributed by atoms with Crippen LogP contribution < -0.4 is 10.2 Å². The quantitative estimate of drug-likeness (QED) is 0.777. The fourth-order valence-electron chi connectivity index (χ4n) is 2.11. The van der Waals surface area contributed by atoms with Crippen LogP contribution >= 0.6 is 0 Å². The molecule has 0 unspecified atom stereocenters. The number of nitrogens with zero attached hydrogens (tertiary/aromatic N) is 3. The van der Waals surface area contributed by atoms with Crippen molar-refractivity contribution in [3.8, 4) is 5.75 Å². The van der Waals surface area contributed by atoms with Gasteiger partial charge in [0.1, 0.15) is 5.52 Å². The molecular formula is C15H16N4O2. The molecule has 2 aromatic heterocycles. The summed E-state index contributed by atoms with van der Waals surface area (Å²) in [5, 5.41) is 8.20. The number of ether oxygens (including phenoxy) is 1. The monoisotopic (exact) mass is 284 g/mol. The van der Waals surface area contributed by atoms with E-state index >= 15 is 0 Å². The standard InChI is InChI=1S/C15H16N4O2/c1-2-7-21-15-9-16-11(8-14(15)20)10-19-13-6-4-3-5-12(13)17-18-19/h3-6,8-9H,2,7,10H2,1H3,(H,16,20). The van der Waals surface area contributed by atoms with E-state index in [0.29, 0.717) is 18.9 Å². The van der Waals surface area contributed by atoms with E-state index in [9.17, 15) is 4.79 Å². The molecule has 0 fully saturated rings. The summed E-state index contributed by atoms with van der Waals surface area (Å²) in [6, 6.07) is 9.26. The van der Waals surface area contributed by atoms with E-state index in [1.807, 2.05) is 31.2 Å². The molecule has 6 nitrogen and oxygen atoms in total. The summed E-state index contributed by atoms with van der Waals surface area (Å²) in [5.74, 6) is 0.351. The summed E-state index contributed by atoms with van der Waals surface area (Å²) in [6.07, 6.45) is 2.47. The van der Waals surface area contributed by atoms with Crippen LogP contribution in [0, 0.1) is 0 Å². The highest BCUT2D eigenvalue weighted by molar-refractivity contribution is 5.73. The largest absolute Gasteiger partial charge is 0.488 e. The van der Waals surface area contributed by atoms with Crippen LogP contribution in [0.5, 0.6) is 5.75 Å². The molecule has 21 heavy (non-hydrogen) atoms. The molecule has 0 aliphatic heterocycles. The molecule has 6 heteroatoms. The first-order valence-corrected chi connectivity index (χ1v) is 6.90. The van der Waals surface area contributed by atoms with Crippen molar-refractivity contribution in [2.24, 2.45) is 0 Å². The van der Waals surface area contributed by atoms with Crippen LogP contribution in [-0.2, 0) is 6.54 Å².